The predicted octanol–water partition coefficient (Wildman–Crippen LogP) is 2.84. The first kappa shape index (κ1) is 11.8. The number of rotatable bonds is 4. The highest BCUT2D eigenvalue weighted by Crippen LogP contribution is 2.22. The van der Waals surface area contributed by atoms with Gasteiger partial charge in [-0.15, -0.1) is 0 Å². The number of nitrogens with two attached hydrogens (primary N) is 1. The molecule has 0 amide bonds. The van der Waals surface area contributed by atoms with E-state index in [4.69, 9.17) is 10.3 Å². The van der Waals surface area contributed by atoms with Crippen LogP contribution in [0.4, 0.5) is 0 Å². The first-order chi connectivity index (χ1) is 8.22. The average Bonchev–Trinajstić information content (AvgIpc) is 2.79. The molecule has 2 aromatic rings. The Labute approximate surface area is 101 Å². The summed E-state index contributed by atoms with van der Waals surface area (Å²) in [5, 5.41) is 3.94. The minimum atomic E-state index is -0.137. The largest absolute Gasteiger partial charge is 0.334 e. The van der Waals surface area contributed by atoms with Crippen molar-refractivity contribution in [1.82, 2.24) is 10.1 Å². The van der Waals surface area contributed by atoms with E-state index >= 15 is 0 Å². The quantitative estimate of drug-likeness (QED) is 0.878. The average molecular weight is 231 g/mol. The van der Waals surface area contributed by atoms with Gasteiger partial charge in [-0.1, -0.05) is 36.7 Å². The summed E-state index contributed by atoms with van der Waals surface area (Å²) in [6.45, 7) is 4.10. The molecular formula is C13H17N3O. The van der Waals surface area contributed by atoms with Crippen molar-refractivity contribution in [3.8, 4) is 11.5 Å². The Bertz CT molecular complexity index is 493. The zero-order valence-electron chi connectivity index (χ0n) is 10.2. The Morgan fingerprint density at radius 2 is 2.12 bits per heavy atom. The smallest absolute Gasteiger partial charge is 0.258 e. The van der Waals surface area contributed by atoms with Crippen molar-refractivity contribution >= 4 is 0 Å². The van der Waals surface area contributed by atoms with E-state index in [0.717, 1.165) is 24.0 Å². The standard InChI is InChI=1S/C13H17N3O/c1-3-6-11(14)12-15-13(17-16-12)10-8-5-4-7-9(10)2/h4-5,7-8,11H,3,6,14H2,1-2H3. The van der Waals surface area contributed by atoms with E-state index in [0.29, 0.717) is 11.7 Å². The van der Waals surface area contributed by atoms with Gasteiger partial charge in [-0.3, -0.25) is 0 Å². The lowest BCUT2D eigenvalue weighted by Gasteiger charge is -2.02. The van der Waals surface area contributed by atoms with Crippen molar-refractivity contribution in [2.24, 2.45) is 5.73 Å². The Hall–Kier alpha value is -1.68. The van der Waals surface area contributed by atoms with Crippen molar-refractivity contribution in [2.45, 2.75) is 32.7 Å². The normalized spacial score (nSPS) is 12.6. The van der Waals surface area contributed by atoms with Crippen LogP contribution in [0.25, 0.3) is 11.5 Å². The number of hydrogen-bond donors (Lipinski definition) is 1. The molecule has 0 radical (unpaired) electrons. The van der Waals surface area contributed by atoms with Crippen molar-refractivity contribution in [3.63, 3.8) is 0 Å². The van der Waals surface area contributed by atoms with Crippen LogP contribution < -0.4 is 5.73 Å². The molecule has 1 aromatic heterocycles. The number of hydrogen-bond acceptors (Lipinski definition) is 4. The Morgan fingerprint density at radius 3 is 2.82 bits per heavy atom. The molecule has 90 valence electrons. The van der Waals surface area contributed by atoms with Gasteiger partial charge in [-0.05, 0) is 25.0 Å². The minimum Gasteiger partial charge on any atom is -0.334 e. The summed E-state index contributed by atoms with van der Waals surface area (Å²) in [5.74, 6) is 1.13. The van der Waals surface area contributed by atoms with Gasteiger partial charge in [0, 0.05) is 5.56 Å². The molecule has 1 atom stereocenters. The summed E-state index contributed by atoms with van der Waals surface area (Å²) in [4.78, 5) is 4.36. The summed E-state index contributed by atoms with van der Waals surface area (Å²) in [5.41, 5.74) is 8.03. The third-order valence-electron chi connectivity index (χ3n) is 2.75. The van der Waals surface area contributed by atoms with E-state index in [1.165, 1.54) is 0 Å². The zero-order chi connectivity index (χ0) is 12.3. The van der Waals surface area contributed by atoms with Gasteiger partial charge in [0.1, 0.15) is 0 Å². The topological polar surface area (TPSA) is 64.9 Å². The molecule has 0 saturated carbocycles. The maximum Gasteiger partial charge on any atom is 0.258 e. The molecule has 4 nitrogen and oxygen atoms in total. The fraction of sp³-hybridized carbons (Fsp3) is 0.385. The lowest BCUT2D eigenvalue weighted by atomic mass is 10.1. The molecule has 1 unspecified atom stereocenters. The molecule has 1 aromatic carbocycles. The van der Waals surface area contributed by atoms with Gasteiger partial charge >= 0.3 is 0 Å². The van der Waals surface area contributed by atoms with Crippen LogP contribution in [0.15, 0.2) is 28.8 Å². The van der Waals surface area contributed by atoms with E-state index in [1.54, 1.807) is 0 Å². The highest BCUT2D eigenvalue weighted by atomic mass is 16.5. The SMILES string of the molecule is CCCC(N)c1noc(-c2ccccc2C)n1. The van der Waals surface area contributed by atoms with Crippen LogP contribution in [0.5, 0.6) is 0 Å². The summed E-state index contributed by atoms with van der Waals surface area (Å²) >= 11 is 0. The van der Waals surface area contributed by atoms with Crippen LogP contribution in [0.3, 0.4) is 0 Å². The summed E-state index contributed by atoms with van der Waals surface area (Å²) in [6.07, 6.45) is 1.88. The molecule has 0 fully saturated rings. The summed E-state index contributed by atoms with van der Waals surface area (Å²) < 4.78 is 5.26. The molecule has 0 aliphatic heterocycles. The second-order valence-corrected chi connectivity index (χ2v) is 4.17. The van der Waals surface area contributed by atoms with Crippen LogP contribution in [-0.4, -0.2) is 10.1 Å². The highest BCUT2D eigenvalue weighted by Gasteiger charge is 2.15. The van der Waals surface area contributed by atoms with Crippen molar-refractivity contribution in [3.05, 3.63) is 35.7 Å². The van der Waals surface area contributed by atoms with E-state index in [-0.39, 0.29) is 6.04 Å². The van der Waals surface area contributed by atoms with Crippen LogP contribution in [0.1, 0.15) is 37.2 Å². The van der Waals surface area contributed by atoms with E-state index in [9.17, 15) is 0 Å². The van der Waals surface area contributed by atoms with Crippen LogP contribution in [-0.2, 0) is 0 Å². The van der Waals surface area contributed by atoms with Crippen LogP contribution >= 0.6 is 0 Å². The van der Waals surface area contributed by atoms with Gasteiger partial charge in [-0.2, -0.15) is 4.98 Å². The second kappa shape index (κ2) is 5.10. The number of nitrogens with zero attached hydrogens (tertiary/aromatic N) is 2. The number of aryl methyl sites for hydroxylation is 1. The second-order valence-electron chi connectivity index (χ2n) is 4.17. The number of aromatic nitrogens is 2. The fourth-order valence-corrected chi connectivity index (χ4v) is 1.75. The third kappa shape index (κ3) is 2.53. The molecule has 2 N–H and O–H groups in total. The van der Waals surface area contributed by atoms with E-state index in [1.807, 2.05) is 31.2 Å². The van der Waals surface area contributed by atoms with E-state index < -0.39 is 0 Å². The van der Waals surface area contributed by atoms with Crippen LogP contribution in [0.2, 0.25) is 0 Å². The first-order valence-corrected chi connectivity index (χ1v) is 5.87. The molecular weight excluding hydrogens is 214 g/mol. The highest BCUT2D eigenvalue weighted by molar-refractivity contribution is 5.57. The van der Waals surface area contributed by atoms with Crippen molar-refractivity contribution in [1.29, 1.82) is 0 Å². The lowest BCUT2D eigenvalue weighted by molar-refractivity contribution is 0.413. The molecule has 17 heavy (non-hydrogen) atoms. The molecule has 0 aliphatic rings. The minimum absolute atomic E-state index is 0.137. The predicted molar refractivity (Wildman–Crippen MR) is 66.3 cm³/mol. The first-order valence-electron chi connectivity index (χ1n) is 5.87. The van der Waals surface area contributed by atoms with E-state index in [2.05, 4.69) is 17.1 Å². The molecule has 1 heterocycles. The number of benzene rings is 1. The zero-order valence-corrected chi connectivity index (χ0v) is 10.2. The Morgan fingerprint density at radius 1 is 1.35 bits per heavy atom. The third-order valence-corrected chi connectivity index (χ3v) is 2.75. The lowest BCUT2D eigenvalue weighted by Crippen LogP contribution is -2.11. The maximum absolute atomic E-state index is 5.95. The van der Waals surface area contributed by atoms with Gasteiger partial charge in [0.05, 0.1) is 6.04 Å². The van der Waals surface area contributed by atoms with Crippen molar-refractivity contribution in [2.75, 3.05) is 0 Å². The summed E-state index contributed by atoms with van der Waals surface area (Å²) in [6, 6.07) is 7.79. The van der Waals surface area contributed by atoms with Gasteiger partial charge in [0.25, 0.3) is 5.89 Å². The molecule has 0 bridgehead atoms. The van der Waals surface area contributed by atoms with Gasteiger partial charge in [0.15, 0.2) is 5.82 Å². The van der Waals surface area contributed by atoms with Crippen molar-refractivity contribution < 1.29 is 4.52 Å². The Balaban J connectivity index is 2.27. The Kier molecular flexibility index (Phi) is 3.54. The monoisotopic (exact) mass is 231 g/mol. The molecule has 0 spiro atoms. The molecule has 0 aliphatic carbocycles. The molecule has 4 heteroatoms. The molecule has 0 saturated heterocycles. The van der Waals surface area contributed by atoms with Gasteiger partial charge in [-0.25, -0.2) is 0 Å². The van der Waals surface area contributed by atoms with Gasteiger partial charge in [0.2, 0.25) is 0 Å². The van der Waals surface area contributed by atoms with Crippen LogP contribution in [0, 0.1) is 6.92 Å². The molecule has 2 rings (SSSR count). The fourth-order valence-electron chi connectivity index (χ4n) is 1.75. The summed E-state index contributed by atoms with van der Waals surface area (Å²) in [7, 11) is 0. The maximum atomic E-state index is 5.95. The van der Waals surface area contributed by atoms with Gasteiger partial charge < -0.3 is 10.3 Å².